The SMILES string of the molecule is Cc1c(COc2cc(OCc3ccc(-n4cccn4)nc3)c(CN(C)C(CCO)C(=O)O)cc2Cl)cccc1-c1cccc(COc2cc(OCc3ccc(-n4cccn4)nc3)c(CN(C)C(CCO)C(=O)O)cc2Cl)c1C. The minimum absolute atomic E-state index is 0.0402. The predicted molar refractivity (Wildman–Crippen MR) is 293 cm³/mol. The summed E-state index contributed by atoms with van der Waals surface area (Å²) in [5.41, 5.74) is 8.59. The van der Waals surface area contributed by atoms with Gasteiger partial charge in [0, 0.05) is 97.9 Å². The molecule has 0 aliphatic carbocycles. The van der Waals surface area contributed by atoms with E-state index in [1.807, 2.05) is 74.5 Å². The molecule has 0 amide bonds. The normalized spacial score (nSPS) is 12.2. The van der Waals surface area contributed by atoms with Crippen molar-refractivity contribution in [3.05, 3.63) is 189 Å². The molecule has 406 valence electrons. The Kier molecular flexibility index (Phi) is 19.1. The quantitative estimate of drug-likeness (QED) is 0.0377. The van der Waals surface area contributed by atoms with E-state index in [1.165, 1.54) is 0 Å². The number of benzene rings is 4. The topological polar surface area (TPSA) is 220 Å². The number of carboxylic acid groups (broad SMARTS) is 2. The minimum atomic E-state index is -1.06. The zero-order chi connectivity index (χ0) is 55.3. The molecule has 0 saturated heterocycles. The second-order valence-corrected chi connectivity index (χ2v) is 19.4. The average Bonchev–Trinajstić information content (AvgIpc) is 4.19. The molecule has 8 aromatic rings. The third-order valence-electron chi connectivity index (χ3n) is 13.3. The van der Waals surface area contributed by atoms with Crippen molar-refractivity contribution in [3.63, 3.8) is 0 Å². The highest BCUT2D eigenvalue weighted by Gasteiger charge is 2.26. The number of aliphatic carboxylic acids is 2. The molecule has 0 radical (unpaired) electrons. The Labute approximate surface area is 461 Å². The molecule has 0 bridgehead atoms. The van der Waals surface area contributed by atoms with Gasteiger partial charge in [0.05, 0.1) is 10.0 Å². The van der Waals surface area contributed by atoms with E-state index in [0.29, 0.717) is 55.8 Å². The lowest BCUT2D eigenvalue weighted by atomic mass is 9.92. The lowest BCUT2D eigenvalue weighted by Gasteiger charge is -2.25. The fourth-order valence-electron chi connectivity index (χ4n) is 8.94. The van der Waals surface area contributed by atoms with Crippen LogP contribution in [0.15, 0.2) is 134 Å². The number of ether oxygens (including phenoxy) is 4. The number of aliphatic hydroxyl groups excluding tert-OH is 2. The standard InChI is InChI=1S/C58H60Cl2N8O10/c1-37-41(35-77-53-27-51(43(25-47(53)59)31-65(3)49(17-23-69)57(71)72)75-33-39-13-15-55(61-29-39)67-21-7-19-63-67)9-5-11-45(37)46-12-6-10-42(38(46)2)36-78-54-28-52(44(26-48(54)60)32-66(4)50(18-24-70)58(73)74)76-34-40-14-16-56(62-30-40)68-22-8-20-64-68/h5-16,19-22,25-30,49-50,69-70H,17-18,23-24,31-36H2,1-4H3,(H,71,72)(H,73,74). The molecule has 78 heavy (non-hydrogen) atoms. The number of hydrogen-bond donors (Lipinski definition) is 4. The van der Waals surface area contributed by atoms with E-state index < -0.39 is 24.0 Å². The van der Waals surface area contributed by atoms with Crippen molar-refractivity contribution in [2.24, 2.45) is 0 Å². The number of nitrogens with zero attached hydrogens (tertiary/aromatic N) is 8. The fourth-order valence-corrected chi connectivity index (χ4v) is 9.42. The molecule has 20 heteroatoms. The maximum absolute atomic E-state index is 12.1. The zero-order valence-electron chi connectivity index (χ0n) is 43.5. The van der Waals surface area contributed by atoms with E-state index in [2.05, 4.69) is 32.3 Å². The van der Waals surface area contributed by atoms with E-state index in [0.717, 1.165) is 44.5 Å². The molecular formula is C58H60Cl2N8O10. The van der Waals surface area contributed by atoms with Crippen molar-refractivity contribution >= 4 is 35.1 Å². The number of carbonyl (C=O) groups is 2. The van der Waals surface area contributed by atoms with Crippen molar-refractivity contribution in [1.82, 2.24) is 39.3 Å². The van der Waals surface area contributed by atoms with Gasteiger partial charge in [-0.3, -0.25) is 19.4 Å². The smallest absolute Gasteiger partial charge is 0.321 e. The summed E-state index contributed by atoms with van der Waals surface area (Å²) in [5.74, 6) is 0.791. The van der Waals surface area contributed by atoms with Crippen LogP contribution < -0.4 is 18.9 Å². The van der Waals surface area contributed by atoms with Crippen LogP contribution in [0.4, 0.5) is 0 Å². The predicted octanol–water partition coefficient (Wildman–Crippen LogP) is 9.29. The molecule has 8 rings (SSSR count). The molecule has 2 unspecified atom stereocenters. The molecular weight excluding hydrogens is 1040 g/mol. The summed E-state index contributed by atoms with van der Waals surface area (Å²) in [6, 6.07) is 28.1. The summed E-state index contributed by atoms with van der Waals surface area (Å²) < 4.78 is 29.0. The van der Waals surface area contributed by atoms with Crippen LogP contribution in [-0.2, 0) is 49.1 Å². The molecule has 2 atom stereocenters. The summed E-state index contributed by atoms with van der Waals surface area (Å²) in [6.45, 7) is 4.42. The Morgan fingerprint density at radius 1 is 0.551 bits per heavy atom. The number of likely N-dealkylation sites (N-methyl/N-ethyl adjacent to an activating group) is 2. The number of aliphatic hydroxyl groups is 2. The van der Waals surface area contributed by atoms with Gasteiger partial charge in [-0.1, -0.05) is 71.7 Å². The van der Waals surface area contributed by atoms with Gasteiger partial charge in [-0.25, -0.2) is 19.3 Å². The van der Waals surface area contributed by atoms with Gasteiger partial charge in [-0.15, -0.1) is 0 Å². The lowest BCUT2D eigenvalue weighted by Crippen LogP contribution is -2.38. The van der Waals surface area contributed by atoms with E-state index in [1.54, 1.807) is 94.7 Å². The molecule has 0 saturated carbocycles. The maximum atomic E-state index is 12.1. The first-order valence-electron chi connectivity index (χ1n) is 25.0. The fraction of sp³-hybridized carbons (Fsp3) is 0.276. The van der Waals surface area contributed by atoms with Gasteiger partial charge >= 0.3 is 11.9 Å². The van der Waals surface area contributed by atoms with Gasteiger partial charge < -0.3 is 39.4 Å². The summed E-state index contributed by atoms with van der Waals surface area (Å²) in [6.07, 6.45) is 10.4. The second-order valence-electron chi connectivity index (χ2n) is 18.6. The van der Waals surface area contributed by atoms with Crippen LogP contribution in [-0.4, -0.2) is 111 Å². The molecule has 4 heterocycles. The van der Waals surface area contributed by atoms with Gasteiger partial charge in [0.1, 0.15) is 61.5 Å². The zero-order valence-corrected chi connectivity index (χ0v) is 45.0. The highest BCUT2D eigenvalue weighted by atomic mass is 35.5. The highest BCUT2D eigenvalue weighted by Crippen LogP contribution is 2.38. The first kappa shape index (κ1) is 56.4. The van der Waals surface area contributed by atoms with Gasteiger partial charge in [-0.05, 0) is 111 Å². The lowest BCUT2D eigenvalue weighted by molar-refractivity contribution is -0.144. The summed E-state index contributed by atoms with van der Waals surface area (Å²) in [5, 5.41) is 48.1. The van der Waals surface area contributed by atoms with Crippen molar-refractivity contribution < 1.29 is 49.0 Å². The van der Waals surface area contributed by atoms with E-state index in [-0.39, 0.29) is 65.6 Å². The molecule has 4 aromatic heterocycles. The van der Waals surface area contributed by atoms with Gasteiger partial charge in [0.15, 0.2) is 11.6 Å². The number of aromatic nitrogens is 6. The van der Waals surface area contributed by atoms with Crippen LogP contribution in [0.1, 0.15) is 57.3 Å². The Hall–Kier alpha value is -7.84. The molecule has 4 N–H and O–H groups in total. The minimum Gasteiger partial charge on any atom is -0.488 e. The van der Waals surface area contributed by atoms with Crippen molar-refractivity contribution in [2.45, 2.75) is 78.3 Å². The van der Waals surface area contributed by atoms with Crippen LogP contribution in [0.2, 0.25) is 10.0 Å². The van der Waals surface area contributed by atoms with Gasteiger partial charge in [0.25, 0.3) is 0 Å². The third-order valence-corrected chi connectivity index (χ3v) is 13.9. The number of hydrogen-bond acceptors (Lipinski definition) is 14. The molecule has 18 nitrogen and oxygen atoms in total. The molecule has 0 fully saturated rings. The first-order valence-corrected chi connectivity index (χ1v) is 25.8. The summed E-state index contributed by atoms with van der Waals surface area (Å²) in [7, 11) is 3.34. The van der Waals surface area contributed by atoms with Crippen molar-refractivity contribution in [2.75, 3.05) is 27.3 Å². The van der Waals surface area contributed by atoms with Crippen LogP contribution in [0.25, 0.3) is 22.8 Å². The van der Waals surface area contributed by atoms with Crippen LogP contribution in [0, 0.1) is 13.8 Å². The Morgan fingerprint density at radius 3 is 1.31 bits per heavy atom. The number of halogens is 2. The van der Waals surface area contributed by atoms with Crippen molar-refractivity contribution in [1.29, 1.82) is 0 Å². The summed E-state index contributed by atoms with van der Waals surface area (Å²) >= 11 is 13.8. The maximum Gasteiger partial charge on any atom is 0.321 e. The van der Waals surface area contributed by atoms with E-state index >= 15 is 0 Å². The largest absolute Gasteiger partial charge is 0.488 e. The van der Waals surface area contributed by atoms with Crippen LogP contribution in [0.5, 0.6) is 23.0 Å². The molecule has 0 aliphatic heterocycles. The molecule has 0 aliphatic rings. The summed E-state index contributed by atoms with van der Waals surface area (Å²) in [4.78, 5) is 36.6. The van der Waals surface area contributed by atoms with E-state index in [4.69, 9.17) is 42.1 Å². The van der Waals surface area contributed by atoms with Crippen LogP contribution >= 0.6 is 23.2 Å². The highest BCUT2D eigenvalue weighted by molar-refractivity contribution is 6.32. The second kappa shape index (κ2) is 26.5. The number of carboxylic acids is 2. The Morgan fingerprint density at radius 2 is 0.962 bits per heavy atom. The monoisotopic (exact) mass is 1100 g/mol. The van der Waals surface area contributed by atoms with E-state index in [9.17, 15) is 30.0 Å². The van der Waals surface area contributed by atoms with Crippen molar-refractivity contribution in [3.8, 4) is 45.8 Å². The van der Waals surface area contributed by atoms with Gasteiger partial charge in [-0.2, -0.15) is 10.2 Å². The number of pyridine rings is 2. The Bertz CT molecular complexity index is 3070. The van der Waals surface area contributed by atoms with Crippen LogP contribution in [0.3, 0.4) is 0 Å². The first-order chi connectivity index (χ1) is 37.7. The molecule has 4 aromatic carbocycles. The molecule has 0 spiro atoms. The van der Waals surface area contributed by atoms with Gasteiger partial charge in [0.2, 0.25) is 0 Å². The third kappa shape index (κ3) is 14.0. The Balaban J connectivity index is 0.996. The average molecular weight is 1100 g/mol. The number of rotatable bonds is 27.